The van der Waals surface area contributed by atoms with E-state index in [2.05, 4.69) is 10.6 Å². The number of aryl methyl sites for hydroxylation is 1. The quantitative estimate of drug-likeness (QED) is 0.840. The number of benzene rings is 1. The number of nitrogens with zero attached hydrogens (tertiary/aromatic N) is 2. The van der Waals surface area contributed by atoms with E-state index in [4.69, 9.17) is 4.74 Å². The first-order valence-electron chi connectivity index (χ1n) is 6.93. The van der Waals surface area contributed by atoms with Gasteiger partial charge < -0.3 is 14.2 Å². The highest BCUT2D eigenvalue weighted by Crippen LogP contribution is 2.23. The molecule has 20 heavy (non-hydrogen) atoms. The number of hydrogen-bond donors (Lipinski definition) is 0. The van der Waals surface area contributed by atoms with Gasteiger partial charge in [0, 0.05) is 44.2 Å². The summed E-state index contributed by atoms with van der Waals surface area (Å²) in [5.74, 6) is 1.03. The van der Waals surface area contributed by atoms with Crippen LogP contribution in [0, 0.1) is 0 Å². The molecule has 0 bridgehead atoms. The molecular weight excluding hydrogens is 252 g/mol. The lowest BCUT2D eigenvalue weighted by molar-refractivity contribution is -0.128. The van der Waals surface area contributed by atoms with Crippen molar-refractivity contribution in [3.63, 3.8) is 0 Å². The molecule has 1 heterocycles. The number of rotatable bonds is 5. The van der Waals surface area contributed by atoms with Gasteiger partial charge in [0.1, 0.15) is 5.75 Å². The molecule has 0 aliphatic heterocycles. The Kier molecular flexibility index (Phi) is 4.32. The van der Waals surface area contributed by atoms with Crippen LogP contribution in [0.25, 0.3) is 10.9 Å². The van der Waals surface area contributed by atoms with Gasteiger partial charge in [0.05, 0.1) is 6.10 Å². The molecule has 108 valence electrons. The lowest BCUT2D eigenvalue weighted by Gasteiger charge is -2.12. The number of carbonyl (C=O) groups excluding carboxylic acids is 1. The third-order valence-electron chi connectivity index (χ3n) is 3.18. The Morgan fingerprint density at radius 1 is 1.30 bits per heavy atom. The summed E-state index contributed by atoms with van der Waals surface area (Å²) in [6.45, 7) is 4.73. The van der Waals surface area contributed by atoms with Gasteiger partial charge in [0.2, 0.25) is 5.91 Å². The summed E-state index contributed by atoms with van der Waals surface area (Å²) in [5, 5.41) is 1.14. The summed E-state index contributed by atoms with van der Waals surface area (Å²) in [6, 6.07) is 8.13. The monoisotopic (exact) mass is 274 g/mol. The second-order valence-electron chi connectivity index (χ2n) is 5.43. The highest BCUT2D eigenvalue weighted by Gasteiger charge is 2.07. The highest BCUT2D eigenvalue weighted by atomic mass is 16.5. The van der Waals surface area contributed by atoms with Crippen LogP contribution in [0.15, 0.2) is 30.5 Å². The van der Waals surface area contributed by atoms with Crippen LogP contribution in [0.4, 0.5) is 0 Å². The summed E-state index contributed by atoms with van der Waals surface area (Å²) >= 11 is 0. The first kappa shape index (κ1) is 14.4. The van der Waals surface area contributed by atoms with Gasteiger partial charge in [-0.3, -0.25) is 4.79 Å². The van der Waals surface area contributed by atoms with E-state index in [0.29, 0.717) is 13.0 Å². The molecule has 0 radical (unpaired) electrons. The van der Waals surface area contributed by atoms with E-state index in [9.17, 15) is 4.79 Å². The van der Waals surface area contributed by atoms with Crippen LogP contribution in [0.5, 0.6) is 5.75 Å². The zero-order valence-electron chi connectivity index (χ0n) is 12.6. The Bertz CT molecular complexity index is 600. The number of carbonyl (C=O) groups is 1. The van der Waals surface area contributed by atoms with Gasteiger partial charge in [-0.05, 0) is 38.1 Å². The summed E-state index contributed by atoms with van der Waals surface area (Å²) in [4.78, 5) is 13.3. The minimum atomic E-state index is 0.145. The van der Waals surface area contributed by atoms with Crippen LogP contribution < -0.4 is 4.74 Å². The lowest BCUT2D eigenvalue weighted by atomic mass is 10.2. The molecule has 0 aliphatic rings. The molecule has 0 unspecified atom stereocenters. The lowest BCUT2D eigenvalue weighted by Crippen LogP contribution is -2.22. The van der Waals surface area contributed by atoms with E-state index in [1.165, 1.54) is 0 Å². The van der Waals surface area contributed by atoms with Gasteiger partial charge in [0.25, 0.3) is 0 Å². The fraction of sp³-hybridized carbons (Fsp3) is 0.438. The maximum Gasteiger partial charge on any atom is 0.223 e. The maximum atomic E-state index is 11.6. The van der Waals surface area contributed by atoms with E-state index in [1.807, 2.05) is 38.2 Å². The minimum absolute atomic E-state index is 0.145. The molecule has 0 aliphatic carbocycles. The molecular formula is C16H22N2O2. The number of fused-ring (bicyclic) bond motifs is 1. The van der Waals surface area contributed by atoms with Crippen LogP contribution in [0.2, 0.25) is 0 Å². The summed E-state index contributed by atoms with van der Waals surface area (Å²) in [7, 11) is 3.57. The van der Waals surface area contributed by atoms with Crippen molar-refractivity contribution in [3.05, 3.63) is 30.5 Å². The smallest absolute Gasteiger partial charge is 0.223 e. The van der Waals surface area contributed by atoms with Crippen LogP contribution in [0.1, 0.15) is 20.3 Å². The van der Waals surface area contributed by atoms with Crippen molar-refractivity contribution in [1.82, 2.24) is 9.47 Å². The Morgan fingerprint density at radius 3 is 2.70 bits per heavy atom. The van der Waals surface area contributed by atoms with E-state index >= 15 is 0 Å². The van der Waals surface area contributed by atoms with Crippen molar-refractivity contribution < 1.29 is 9.53 Å². The average molecular weight is 274 g/mol. The maximum absolute atomic E-state index is 11.6. The topological polar surface area (TPSA) is 34.5 Å². The number of amides is 1. The molecule has 0 atom stereocenters. The number of ether oxygens (including phenoxy) is 1. The second-order valence-corrected chi connectivity index (χ2v) is 5.43. The fourth-order valence-corrected chi connectivity index (χ4v) is 2.16. The van der Waals surface area contributed by atoms with Gasteiger partial charge in [-0.25, -0.2) is 0 Å². The third-order valence-corrected chi connectivity index (χ3v) is 3.18. The van der Waals surface area contributed by atoms with E-state index in [1.54, 1.807) is 19.0 Å². The molecule has 2 rings (SSSR count). The predicted octanol–water partition coefficient (Wildman–Crippen LogP) is 2.91. The zero-order chi connectivity index (χ0) is 14.7. The largest absolute Gasteiger partial charge is 0.491 e. The number of aromatic nitrogens is 1. The van der Waals surface area contributed by atoms with Crippen LogP contribution in [-0.4, -0.2) is 35.6 Å². The first-order chi connectivity index (χ1) is 9.47. The van der Waals surface area contributed by atoms with Gasteiger partial charge in [0.15, 0.2) is 0 Å². The van der Waals surface area contributed by atoms with Crippen LogP contribution >= 0.6 is 0 Å². The van der Waals surface area contributed by atoms with Crippen molar-refractivity contribution in [1.29, 1.82) is 0 Å². The summed E-state index contributed by atoms with van der Waals surface area (Å²) in [5.41, 5.74) is 1.13. The van der Waals surface area contributed by atoms with E-state index in [-0.39, 0.29) is 12.0 Å². The Hall–Kier alpha value is -1.97. The predicted molar refractivity (Wildman–Crippen MR) is 81.0 cm³/mol. The van der Waals surface area contributed by atoms with Crippen molar-refractivity contribution >= 4 is 16.8 Å². The Labute approximate surface area is 119 Å². The fourth-order valence-electron chi connectivity index (χ4n) is 2.16. The van der Waals surface area contributed by atoms with Crippen molar-refractivity contribution in [2.45, 2.75) is 32.9 Å². The SMILES string of the molecule is CC(C)Oc1ccc2c(ccn2CCC(=O)N(C)C)c1. The van der Waals surface area contributed by atoms with Crippen LogP contribution in [0.3, 0.4) is 0 Å². The molecule has 0 saturated heterocycles. The van der Waals surface area contributed by atoms with Crippen LogP contribution in [-0.2, 0) is 11.3 Å². The first-order valence-corrected chi connectivity index (χ1v) is 6.93. The Morgan fingerprint density at radius 2 is 2.05 bits per heavy atom. The normalized spacial score (nSPS) is 11.1. The third kappa shape index (κ3) is 3.32. The molecule has 0 spiro atoms. The van der Waals surface area contributed by atoms with Crippen molar-refractivity contribution in [2.24, 2.45) is 0 Å². The summed E-state index contributed by atoms with van der Waals surface area (Å²) < 4.78 is 7.80. The zero-order valence-corrected chi connectivity index (χ0v) is 12.6. The second kappa shape index (κ2) is 5.99. The molecule has 1 aromatic carbocycles. The minimum Gasteiger partial charge on any atom is -0.491 e. The molecule has 1 aromatic heterocycles. The van der Waals surface area contributed by atoms with Gasteiger partial charge in [-0.1, -0.05) is 0 Å². The Balaban J connectivity index is 2.14. The van der Waals surface area contributed by atoms with Crippen molar-refractivity contribution in [3.8, 4) is 5.75 Å². The standard InChI is InChI=1S/C16H22N2O2/c1-12(2)20-14-5-6-15-13(11-14)7-9-18(15)10-8-16(19)17(3)4/h5-7,9,11-12H,8,10H2,1-4H3. The molecule has 0 saturated carbocycles. The molecule has 1 amide bonds. The van der Waals surface area contributed by atoms with Gasteiger partial charge >= 0.3 is 0 Å². The summed E-state index contributed by atoms with van der Waals surface area (Å²) in [6.07, 6.45) is 2.71. The molecule has 2 aromatic rings. The highest BCUT2D eigenvalue weighted by molar-refractivity contribution is 5.82. The molecule has 4 heteroatoms. The van der Waals surface area contributed by atoms with Gasteiger partial charge in [-0.15, -0.1) is 0 Å². The van der Waals surface area contributed by atoms with E-state index in [0.717, 1.165) is 16.7 Å². The average Bonchev–Trinajstić information content (AvgIpc) is 2.77. The van der Waals surface area contributed by atoms with Crippen molar-refractivity contribution in [2.75, 3.05) is 14.1 Å². The molecule has 0 N–H and O–H groups in total. The number of hydrogen-bond acceptors (Lipinski definition) is 2. The molecule has 0 fully saturated rings. The molecule has 4 nitrogen and oxygen atoms in total. The van der Waals surface area contributed by atoms with E-state index < -0.39 is 0 Å². The van der Waals surface area contributed by atoms with Gasteiger partial charge in [-0.2, -0.15) is 0 Å².